The fourth-order valence-electron chi connectivity index (χ4n) is 3.29. The van der Waals surface area contributed by atoms with Gasteiger partial charge in [0, 0.05) is 22.8 Å². The fraction of sp³-hybridized carbons (Fsp3) is 0.261. The Hall–Kier alpha value is -3.19. The number of carbonyl (C=O) groups excluding carboxylic acids is 2. The summed E-state index contributed by atoms with van der Waals surface area (Å²) in [5.74, 6) is -1.07. The molecule has 0 atom stereocenters. The summed E-state index contributed by atoms with van der Waals surface area (Å²) in [4.78, 5) is 26.5. The van der Waals surface area contributed by atoms with E-state index in [4.69, 9.17) is 16.3 Å². The highest BCUT2D eigenvalue weighted by Crippen LogP contribution is 2.20. The molecule has 31 heavy (non-hydrogen) atoms. The molecule has 0 N–H and O–H groups in total. The molecule has 3 rings (SSSR count). The van der Waals surface area contributed by atoms with E-state index in [2.05, 4.69) is 5.10 Å². The minimum Gasteiger partial charge on any atom is -0.468 e. The average Bonchev–Trinajstić information content (AvgIpc) is 3.03. The molecule has 2 aromatic carbocycles. The van der Waals surface area contributed by atoms with Crippen molar-refractivity contribution in [1.82, 2.24) is 14.7 Å². The van der Waals surface area contributed by atoms with Gasteiger partial charge in [0.05, 0.1) is 24.9 Å². The van der Waals surface area contributed by atoms with Crippen LogP contribution in [0, 0.1) is 19.7 Å². The van der Waals surface area contributed by atoms with Gasteiger partial charge in [-0.25, -0.2) is 9.07 Å². The van der Waals surface area contributed by atoms with Gasteiger partial charge in [0.1, 0.15) is 12.4 Å². The maximum absolute atomic E-state index is 13.3. The second kappa shape index (κ2) is 9.75. The van der Waals surface area contributed by atoms with Crippen LogP contribution in [0.1, 0.15) is 22.5 Å². The zero-order valence-electron chi connectivity index (χ0n) is 17.6. The standard InChI is InChI=1S/C23H23ClFN3O3/c1-15-21(16(2)28(26-15)20-10-8-19(25)9-11-20)12-22(29)27(14-23(30)31-3)13-17-4-6-18(24)7-5-17/h4-11H,12-14H2,1-3H3. The van der Waals surface area contributed by atoms with Gasteiger partial charge < -0.3 is 9.64 Å². The normalized spacial score (nSPS) is 10.7. The van der Waals surface area contributed by atoms with Crippen LogP contribution in [0.25, 0.3) is 5.69 Å². The molecule has 0 fully saturated rings. The summed E-state index contributed by atoms with van der Waals surface area (Å²) in [5, 5.41) is 5.10. The molecule has 8 heteroatoms. The third kappa shape index (κ3) is 5.49. The van der Waals surface area contributed by atoms with Crippen molar-refractivity contribution < 1.29 is 18.7 Å². The van der Waals surface area contributed by atoms with Gasteiger partial charge in [-0.1, -0.05) is 23.7 Å². The molecule has 0 aliphatic rings. The quantitative estimate of drug-likeness (QED) is 0.517. The average molecular weight is 444 g/mol. The Morgan fingerprint density at radius 3 is 2.35 bits per heavy atom. The molecule has 0 aliphatic carbocycles. The molecular formula is C23H23ClFN3O3. The van der Waals surface area contributed by atoms with Crippen LogP contribution in [0.3, 0.4) is 0 Å². The van der Waals surface area contributed by atoms with Gasteiger partial charge >= 0.3 is 5.97 Å². The molecule has 1 amide bonds. The van der Waals surface area contributed by atoms with Gasteiger partial charge in [0.2, 0.25) is 5.91 Å². The smallest absolute Gasteiger partial charge is 0.325 e. The van der Waals surface area contributed by atoms with E-state index in [1.54, 1.807) is 28.9 Å². The van der Waals surface area contributed by atoms with Crippen molar-refractivity contribution in [2.45, 2.75) is 26.8 Å². The van der Waals surface area contributed by atoms with Crippen molar-refractivity contribution in [3.63, 3.8) is 0 Å². The zero-order chi connectivity index (χ0) is 22.5. The number of aryl methyl sites for hydroxylation is 1. The zero-order valence-corrected chi connectivity index (χ0v) is 18.3. The molecule has 1 aromatic heterocycles. The maximum atomic E-state index is 13.3. The highest BCUT2D eigenvalue weighted by Gasteiger charge is 2.22. The number of carbonyl (C=O) groups is 2. The number of esters is 1. The van der Waals surface area contributed by atoms with Crippen LogP contribution in [-0.4, -0.2) is 40.2 Å². The van der Waals surface area contributed by atoms with Crippen molar-refractivity contribution in [3.8, 4) is 5.69 Å². The lowest BCUT2D eigenvalue weighted by atomic mass is 10.1. The first kappa shape index (κ1) is 22.5. The first-order valence-corrected chi connectivity index (χ1v) is 10.1. The van der Waals surface area contributed by atoms with Gasteiger partial charge in [-0.2, -0.15) is 5.10 Å². The van der Waals surface area contributed by atoms with Gasteiger partial charge in [-0.15, -0.1) is 0 Å². The third-order valence-corrected chi connectivity index (χ3v) is 5.28. The Morgan fingerprint density at radius 2 is 1.74 bits per heavy atom. The minimum absolute atomic E-state index is 0.0729. The summed E-state index contributed by atoms with van der Waals surface area (Å²) in [5.41, 5.74) is 3.78. The van der Waals surface area contributed by atoms with Crippen LogP contribution in [-0.2, 0) is 27.3 Å². The number of halogens is 2. The number of hydrogen-bond acceptors (Lipinski definition) is 4. The van der Waals surface area contributed by atoms with Crippen LogP contribution < -0.4 is 0 Å². The largest absolute Gasteiger partial charge is 0.468 e. The minimum atomic E-state index is -0.502. The molecule has 0 saturated carbocycles. The van der Waals surface area contributed by atoms with E-state index in [-0.39, 0.29) is 31.2 Å². The topological polar surface area (TPSA) is 64.4 Å². The van der Waals surface area contributed by atoms with Crippen LogP contribution in [0.5, 0.6) is 0 Å². The number of rotatable bonds is 7. The molecule has 0 bridgehead atoms. The second-order valence-corrected chi connectivity index (χ2v) is 7.60. The van der Waals surface area contributed by atoms with Crippen LogP contribution in [0.2, 0.25) is 5.02 Å². The summed E-state index contributed by atoms with van der Waals surface area (Å²) in [6, 6.07) is 13.1. The van der Waals surface area contributed by atoms with E-state index in [0.717, 1.165) is 16.8 Å². The Kier molecular flexibility index (Phi) is 7.07. The number of aromatic nitrogens is 2. The van der Waals surface area contributed by atoms with E-state index in [0.29, 0.717) is 16.4 Å². The lowest BCUT2D eigenvalue weighted by Crippen LogP contribution is -2.36. The summed E-state index contributed by atoms with van der Waals surface area (Å²) < 4.78 is 19.7. The fourth-order valence-corrected chi connectivity index (χ4v) is 3.42. The van der Waals surface area contributed by atoms with Gasteiger partial charge in [-0.05, 0) is 55.8 Å². The molecule has 0 unspecified atom stereocenters. The Morgan fingerprint density at radius 1 is 1.10 bits per heavy atom. The SMILES string of the molecule is COC(=O)CN(Cc1ccc(Cl)cc1)C(=O)Cc1c(C)nn(-c2ccc(F)cc2)c1C. The number of hydrogen-bond donors (Lipinski definition) is 0. The summed E-state index contributed by atoms with van der Waals surface area (Å²) in [7, 11) is 1.29. The monoisotopic (exact) mass is 443 g/mol. The van der Waals surface area contributed by atoms with E-state index in [1.807, 2.05) is 26.0 Å². The predicted octanol–water partition coefficient (Wildman–Crippen LogP) is 4.03. The van der Waals surface area contributed by atoms with E-state index >= 15 is 0 Å². The second-order valence-electron chi connectivity index (χ2n) is 7.17. The first-order chi connectivity index (χ1) is 14.8. The molecular weight excluding hydrogens is 421 g/mol. The van der Waals surface area contributed by atoms with Crippen molar-refractivity contribution in [1.29, 1.82) is 0 Å². The molecule has 0 radical (unpaired) electrons. The molecule has 0 spiro atoms. The van der Waals surface area contributed by atoms with Crippen molar-refractivity contribution in [2.24, 2.45) is 0 Å². The van der Waals surface area contributed by atoms with E-state index in [9.17, 15) is 14.0 Å². The molecule has 162 valence electrons. The van der Waals surface area contributed by atoms with Gasteiger partial charge in [0.25, 0.3) is 0 Å². The Labute approximate surface area is 185 Å². The number of methoxy groups -OCH3 is 1. The number of benzene rings is 2. The van der Waals surface area contributed by atoms with Crippen LogP contribution in [0.4, 0.5) is 4.39 Å². The molecule has 6 nitrogen and oxygen atoms in total. The van der Waals surface area contributed by atoms with Crippen molar-refractivity contribution in [2.75, 3.05) is 13.7 Å². The lowest BCUT2D eigenvalue weighted by Gasteiger charge is -2.22. The number of ether oxygens (including phenoxy) is 1. The Balaban J connectivity index is 1.84. The number of nitrogens with zero attached hydrogens (tertiary/aromatic N) is 3. The third-order valence-electron chi connectivity index (χ3n) is 5.03. The van der Waals surface area contributed by atoms with Crippen LogP contribution >= 0.6 is 11.6 Å². The van der Waals surface area contributed by atoms with Crippen LogP contribution in [0.15, 0.2) is 48.5 Å². The molecule has 1 heterocycles. The van der Waals surface area contributed by atoms with E-state index in [1.165, 1.54) is 24.1 Å². The van der Waals surface area contributed by atoms with Crippen molar-refractivity contribution in [3.05, 3.63) is 81.9 Å². The lowest BCUT2D eigenvalue weighted by molar-refractivity contribution is -0.147. The van der Waals surface area contributed by atoms with Crippen molar-refractivity contribution >= 4 is 23.5 Å². The molecule has 3 aromatic rings. The summed E-state index contributed by atoms with van der Waals surface area (Å²) >= 11 is 5.94. The highest BCUT2D eigenvalue weighted by atomic mass is 35.5. The maximum Gasteiger partial charge on any atom is 0.325 e. The van der Waals surface area contributed by atoms with Gasteiger partial charge in [-0.3, -0.25) is 9.59 Å². The van der Waals surface area contributed by atoms with Gasteiger partial charge in [0.15, 0.2) is 0 Å². The highest BCUT2D eigenvalue weighted by molar-refractivity contribution is 6.30. The summed E-state index contributed by atoms with van der Waals surface area (Å²) in [6.07, 6.45) is 0.0729. The summed E-state index contributed by atoms with van der Waals surface area (Å²) in [6.45, 7) is 3.76. The first-order valence-electron chi connectivity index (χ1n) is 9.68. The van der Waals surface area contributed by atoms with E-state index < -0.39 is 5.97 Å². The predicted molar refractivity (Wildman–Crippen MR) is 116 cm³/mol. The number of amides is 1. The molecule has 0 saturated heterocycles. The Bertz CT molecular complexity index is 1080. The molecule has 0 aliphatic heterocycles.